The zero-order valence-corrected chi connectivity index (χ0v) is 12.8. The van der Waals surface area contributed by atoms with Gasteiger partial charge in [0.2, 0.25) is 0 Å². The van der Waals surface area contributed by atoms with Crippen molar-refractivity contribution in [3.63, 3.8) is 0 Å². The molecule has 2 aliphatic rings. The van der Waals surface area contributed by atoms with E-state index < -0.39 is 0 Å². The molecule has 3 atom stereocenters. The molecule has 2 fully saturated rings. The third kappa shape index (κ3) is 2.05. The first-order valence-electron chi connectivity index (χ1n) is 5.24. The van der Waals surface area contributed by atoms with Crippen LogP contribution in [0.4, 0.5) is 0 Å². The second kappa shape index (κ2) is 4.01. The molecule has 1 aromatic rings. The number of hydrogen-bond donors (Lipinski definition) is 0. The molecule has 0 saturated heterocycles. The highest BCUT2D eigenvalue weighted by Crippen LogP contribution is 2.59. The van der Waals surface area contributed by atoms with Crippen molar-refractivity contribution in [1.29, 1.82) is 0 Å². The Balaban J connectivity index is 1.76. The zero-order valence-electron chi connectivity index (χ0n) is 8.05. The van der Waals surface area contributed by atoms with Crippen molar-refractivity contribution < 1.29 is 0 Å². The van der Waals surface area contributed by atoms with Gasteiger partial charge in [-0.25, -0.2) is 0 Å². The van der Waals surface area contributed by atoms with Crippen LogP contribution in [0.15, 0.2) is 10.5 Å². The summed E-state index contributed by atoms with van der Waals surface area (Å²) < 4.78 is 1.91. The lowest BCUT2D eigenvalue weighted by atomic mass is 9.99. The Morgan fingerprint density at radius 2 is 2.00 bits per heavy atom. The van der Waals surface area contributed by atoms with Crippen LogP contribution in [-0.2, 0) is 0 Å². The number of hydrogen-bond acceptors (Lipinski definition) is 1. The third-order valence-electron chi connectivity index (χ3n) is 3.63. The molecule has 3 unspecified atom stereocenters. The second-order valence-corrected chi connectivity index (χ2v) is 8.19. The molecule has 0 aliphatic heterocycles. The van der Waals surface area contributed by atoms with Crippen LogP contribution in [-0.4, -0.2) is 0 Å². The summed E-state index contributed by atoms with van der Waals surface area (Å²) in [4.78, 5) is 1.89. The van der Waals surface area contributed by atoms with Crippen molar-refractivity contribution in [3.8, 4) is 0 Å². The Morgan fingerprint density at radius 3 is 2.53 bits per heavy atom. The fourth-order valence-corrected chi connectivity index (χ4v) is 5.38. The minimum absolute atomic E-state index is 0.513. The smallest absolute Gasteiger partial charge is 0.107 e. The second-order valence-electron chi connectivity index (χ2n) is 4.66. The van der Waals surface area contributed by atoms with Crippen LogP contribution in [0, 0.1) is 17.8 Å². The molecule has 0 spiro atoms. The van der Waals surface area contributed by atoms with E-state index in [1.165, 1.54) is 24.1 Å². The Bertz CT molecular complexity index is 360. The topological polar surface area (TPSA) is 0 Å². The summed E-state index contributed by atoms with van der Waals surface area (Å²) >= 11 is 15.1. The average molecular weight is 371 g/mol. The highest BCUT2D eigenvalue weighted by molar-refractivity contribution is 9.10. The minimum Gasteiger partial charge on any atom is -0.126 e. The molecule has 4 heteroatoms. The van der Waals surface area contributed by atoms with Gasteiger partial charge < -0.3 is 0 Å². The molecule has 3 rings (SSSR count). The summed E-state index contributed by atoms with van der Waals surface area (Å²) in [5, 5.41) is 0. The van der Waals surface area contributed by atoms with E-state index >= 15 is 0 Å². The van der Waals surface area contributed by atoms with Gasteiger partial charge in [0.05, 0.1) is 4.83 Å². The van der Waals surface area contributed by atoms with Crippen LogP contribution in [0.25, 0.3) is 0 Å². The lowest BCUT2D eigenvalue weighted by molar-refractivity contribution is 0.485. The molecule has 82 valence electrons. The van der Waals surface area contributed by atoms with Crippen molar-refractivity contribution in [1.82, 2.24) is 0 Å². The molecule has 0 nitrogen and oxygen atoms in total. The van der Waals surface area contributed by atoms with Crippen molar-refractivity contribution in [2.75, 3.05) is 0 Å². The zero-order chi connectivity index (χ0) is 10.6. The largest absolute Gasteiger partial charge is 0.126 e. The Hall–Kier alpha value is 0.950. The lowest BCUT2D eigenvalue weighted by Crippen LogP contribution is -2.03. The molecule has 0 aromatic carbocycles. The molecule has 2 saturated carbocycles. The maximum Gasteiger partial charge on any atom is 0.107 e. The summed E-state index contributed by atoms with van der Waals surface area (Å²) in [6.45, 7) is 0. The summed E-state index contributed by atoms with van der Waals surface area (Å²) in [6, 6.07) is 2.16. The minimum atomic E-state index is 0.513. The fourth-order valence-electron chi connectivity index (χ4n) is 2.73. The van der Waals surface area contributed by atoms with E-state index in [1.807, 2.05) is 0 Å². The molecular formula is C11H11Br2ClS. The number of halogens is 3. The van der Waals surface area contributed by atoms with Gasteiger partial charge in [-0.3, -0.25) is 0 Å². The van der Waals surface area contributed by atoms with Gasteiger partial charge in [0, 0.05) is 9.35 Å². The van der Waals surface area contributed by atoms with Gasteiger partial charge in [-0.05, 0) is 59.0 Å². The molecule has 0 bridgehead atoms. The summed E-state index contributed by atoms with van der Waals surface area (Å²) in [6.07, 6.45) is 4.31. The van der Waals surface area contributed by atoms with E-state index in [1.54, 1.807) is 11.3 Å². The number of rotatable bonds is 2. The van der Waals surface area contributed by atoms with Crippen molar-refractivity contribution in [2.45, 2.75) is 24.1 Å². The van der Waals surface area contributed by atoms with E-state index in [0.717, 1.165) is 26.6 Å². The van der Waals surface area contributed by atoms with Crippen LogP contribution < -0.4 is 0 Å². The SMILES string of the molecule is Clc1sc(C(Br)C2CC3CC3C2)cc1Br. The van der Waals surface area contributed by atoms with Gasteiger partial charge in [-0.1, -0.05) is 27.5 Å². The van der Waals surface area contributed by atoms with E-state index in [4.69, 9.17) is 11.6 Å². The van der Waals surface area contributed by atoms with Gasteiger partial charge >= 0.3 is 0 Å². The van der Waals surface area contributed by atoms with Crippen molar-refractivity contribution >= 4 is 54.8 Å². The predicted molar refractivity (Wildman–Crippen MR) is 73.0 cm³/mol. The highest BCUT2D eigenvalue weighted by Gasteiger charge is 2.47. The molecule has 1 heterocycles. The molecular weight excluding hydrogens is 359 g/mol. The first-order chi connectivity index (χ1) is 7.15. The third-order valence-corrected chi connectivity index (χ3v) is 7.73. The first kappa shape index (κ1) is 11.1. The highest BCUT2D eigenvalue weighted by atomic mass is 79.9. The Kier molecular flexibility index (Phi) is 2.95. The number of fused-ring (bicyclic) bond motifs is 1. The van der Waals surface area contributed by atoms with E-state index in [0.29, 0.717) is 4.83 Å². The van der Waals surface area contributed by atoms with Crippen molar-refractivity contribution in [3.05, 3.63) is 19.8 Å². The molecule has 0 N–H and O–H groups in total. The monoisotopic (exact) mass is 368 g/mol. The molecule has 2 aliphatic carbocycles. The standard InChI is InChI=1S/C11H11Br2ClS/c12-8-4-9(15-11(8)14)10(13)7-2-5-1-6(5)3-7/h4-7,10H,1-3H2. The van der Waals surface area contributed by atoms with Gasteiger partial charge in [0.15, 0.2) is 0 Å². The van der Waals surface area contributed by atoms with Crippen LogP contribution in [0.2, 0.25) is 4.34 Å². The van der Waals surface area contributed by atoms with E-state index in [2.05, 4.69) is 37.9 Å². The van der Waals surface area contributed by atoms with Gasteiger partial charge in [0.25, 0.3) is 0 Å². The fraction of sp³-hybridized carbons (Fsp3) is 0.636. The quantitative estimate of drug-likeness (QED) is 0.591. The van der Waals surface area contributed by atoms with Gasteiger partial charge in [0.1, 0.15) is 4.34 Å². The molecule has 15 heavy (non-hydrogen) atoms. The molecule has 1 aromatic heterocycles. The van der Waals surface area contributed by atoms with Gasteiger partial charge in [-0.2, -0.15) is 0 Å². The number of alkyl halides is 1. The lowest BCUT2D eigenvalue weighted by Gasteiger charge is -2.17. The van der Waals surface area contributed by atoms with Crippen LogP contribution in [0.3, 0.4) is 0 Å². The van der Waals surface area contributed by atoms with Crippen LogP contribution >= 0.6 is 54.8 Å². The van der Waals surface area contributed by atoms with Crippen LogP contribution in [0.1, 0.15) is 29.0 Å². The summed E-state index contributed by atoms with van der Waals surface area (Å²) in [5.41, 5.74) is 0. The van der Waals surface area contributed by atoms with E-state index in [9.17, 15) is 0 Å². The maximum absolute atomic E-state index is 6.07. The predicted octanol–water partition coefficient (Wildman–Crippen LogP) is 5.65. The number of thiophene rings is 1. The summed E-state index contributed by atoms with van der Waals surface area (Å²) in [7, 11) is 0. The van der Waals surface area contributed by atoms with Crippen molar-refractivity contribution in [2.24, 2.45) is 17.8 Å². The Labute approximate surface area is 116 Å². The Morgan fingerprint density at radius 1 is 1.33 bits per heavy atom. The normalized spacial score (nSPS) is 35.3. The average Bonchev–Trinajstić information content (AvgIpc) is 2.66. The molecule has 0 radical (unpaired) electrons. The van der Waals surface area contributed by atoms with Crippen LogP contribution in [0.5, 0.6) is 0 Å². The maximum atomic E-state index is 6.07. The van der Waals surface area contributed by atoms with E-state index in [-0.39, 0.29) is 0 Å². The first-order valence-corrected chi connectivity index (χ1v) is 8.14. The van der Waals surface area contributed by atoms with Gasteiger partial charge in [-0.15, -0.1) is 11.3 Å². The molecule has 0 amide bonds. The summed E-state index contributed by atoms with van der Waals surface area (Å²) in [5.74, 6) is 2.93.